The van der Waals surface area contributed by atoms with Gasteiger partial charge in [0.25, 0.3) is 0 Å². The van der Waals surface area contributed by atoms with Crippen LogP contribution < -0.4 is 5.73 Å². The summed E-state index contributed by atoms with van der Waals surface area (Å²) in [4.78, 5) is 7.24. The molecule has 2 aliphatic rings. The van der Waals surface area contributed by atoms with E-state index < -0.39 is 0 Å². The minimum atomic E-state index is 0.674. The summed E-state index contributed by atoms with van der Waals surface area (Å²) in [6, 6.07) is 4.88. The van der Waals surface area contributed by atoms with Crippen molar-refractivity contribution in [1.29, 1.82) is 0 Å². The van der Waals surface area contributed by atoms with Gasteiger partial charge in [-0.3, -0.25) is 4.90 Å². The molecule has 1 aromatic rings. The average Bonchev–Trinajstić information content (AvgIpc) is 2.37. The summed E-state index contributed by atoms with van der Waals surface area (Å²) in [5.74, 6) is 1.47. The fraction of sp³-hybridized carbons (Fsp3) is 0.667. The van der Waals surface area contributed by atoms with Gasteiger partial charge in [-0.15, -0.1) is 0 Å². The van der Waals surface area contributed by atoms with Crippen LogP contribution in [-0.4, -0.2) is 29.0 Å². The maximum atomic E-state index is 5.80. The largest absolute Gasteiger partial charge is 0.384 e. The first kappa shape index (κ1) is 12.0. The van der Waals surface area contributed by atoms with Gasteiger partial charge in [0.1, 0.15) is 5.82 Å². The Morgan fingerprint density at radius 3 is 3.11 bits per heavy atom. The van der Waals surface area contributed by atoms with Crippen LogP contribution >= 0.6 is 0 Å². The van der Waals surface area contributed by atoms with Crippen LogP contribution in [0.5, 0.6) is 0 Å². The molecule has 0 spiro atoms. The molecule has 1 aromatic heterocycles. The number of anilines is 1. The molecule has 3 heteroatoms. The number of likely N-dealkylation sites (tertiary alicyclic amines) is 1. The summed E-state index contributed by atoms with van der Waals surface area (Å²) in [6.07, 6.45) is 6.27. The van der Waals surface area contributed by atoms with Crippen molar-refractivity contribution in [2.45, 2.75) is 45.1 Å². The monoisotopic (exact) mass is 245 g/mol. The molecule has 1 saturated heterocycles. The van der Waals surface area contributed by atoms with Crippen LogP contribution in [0.1, 0.15) is 37.4 Å². The molecule has 1 aliphatic heterocycles. The van der Waals surface area contributed by atoms with Gasteiger partial charge >= 0.3 is 0 Å². The zero-order chi connectivity index (χ0) is 12.5. The van der Waals surface area contributed by atoms with Crippen molar-refractivity contribution in [3.63, 3.8) is 0 Å². The molecule has 2 heterocycles. The van der Waals surface area contributed by atoms with Crippen molar-refractivity contribution in [3.05, 3.63) is 23.4 Å². The Kier molecular flexibility index (Phi) is 3.25. The molecular weight excluding hydrogens is 222 g/mol. The van der Waals surface area contributed by atoms with Crippen molar-refractivity contribution in [2.75, 3.05) is 18.8 Å². The lowest BCUT2D eigenvalue weighted by atomic mass is 9.77. The molecular formula is C15H23N3. The summed E-state index contributed by atoms with van der Waals surface area (Å²) in [6.45, 7) is 4.81. The lowest BCUT2D eigenvalue weighted by molar-refractivity contribution is 0.0846. The third-order valence-corrected chi connectivity index (χ3v) is 4.52. The fourth-order valence-electron chi connectivity index (χ4n) is 3.69. The number of hydrogen-bond donors (Lipinski definition) is 1. The number of rotatable bonds is 2. The van der Waals surface area contributed by atoms with Crippen LogP contribution in [0, 0.1) is 5.92 Å². The van der Waals surface area contributed by atoms with E-state index >= 15 is 0 Å². The van der Waals surface area contributed by atoms with E-state index in [4.69, 9.17) is 5.73 Å². The number of nitrogens with zero attached hydrogens (tertiary/aromatic N) is 2. The van der Waals surface area contributed by atoms with Crippen LogP contribution in [0.25, 0.3) is 0 Å². The fourth-order valence-corrected chi connectivity index (χ4v) is 3.69. The topological polar surface area (TPSA) is 42.2 Å². The highest BCUT2D eigenvalue weighted by atomic mass is 15.2. The van der Waals surface area contributed by atoms with Gasteiger partial charge in [0, 0.05) is 11.7 Å². The second-order valence-electron chi connectivity index (χ2n) is 5.76. The van der Waals surface area contributed by atoms with Crippen molar-refractivity contribution >= 4 is 5.82 Å². The third kappa shape index (κ3) is 2.12. The highest BCUT2D eigenvalue weighted by Crippen LogP contribution is 2.34. The highest BCUT2D eigenvalue weighted by Gasteiger charge is 2.35. The summed E-state index contributed by atoms with van der Waals surface area (Å²) in [7, 11) is 0. The Balaban J connectivity index is 1.85. The number of aromatic nitrogens is 1. The van der Waals surface area contributed by atoms with E-state index in [1.54, 1.807) is 0 Å². The molecule has 98 valence electrons. The molecule has 3 rings (SSSR count). The van der Waals surface area contributed by atoms with Crippen LogP contribution in [0.2, 0.25) is 0 Å². The second kappa shape index (κ2) is 4.88. The number of pyridine rings is 1. The standard InChI is InChI=1S/C15H23N3/c1-2-7-18-8-3-4-12-9-13-11(10-14(12)18)5-6-15(16)17-13/h5-6,12,14H,2-4,7-10H2,1H3,(H2,16,17). The number of hydrogen-bond acceptors (Lipinski definition) is 3. The highest BCUT2D eigenvalue weighted by molar-refractivity contribution is 5.36. The summed E-state index contributed by atoms with van der Waals surface area (Å²) >= 11 is 0. The first-order valence-corrected chi connectivity index (χ1v) is 7.26. The zero-order valence-corrected chi connectivity index (χ0v) is 11.2. The van der Waals surface area contributed by atoms with E-state index in [0.29, 0.717) is 5.82 Å². The summed E-state index contributed by atoms with van der Waals surface area (Å²) in [5, 5.41) is 0. The minimum Gasteiger partial charge on any atom is -0.384 e. The Morgan fingerprint density at radius 1 is 1.39 bits per heavy atom. The number of nitrogens with two attached hydrogens (primary N) is 1. The maximum Gasteiger partial charge on any atom is 0.123 e. The van der Waals surface area contributed by atoms with E-state index in [2.05, 4.69) is 22.9 Å². The van der Waals surface area contributed by atoms with Crippen molar-refractivity contribution in [1.82, 2.24) is 9.88 Å². The van der Waals surface area contributed by atoms with Gasteiger partial charge in [-0.1, -0.05) is 13.0 Å². The van der Waals surface area contributed by atoms with Crippen molar-refractivity contribution in [3.8, 4) is 0 Å². The molecule has 2 unspecified atom stereocenters. The third-order valence-electron chi connectivity index (χ3n) is 4.52. The van der Waals surface area contributed by atoms with E-state index in [1.165, 1.54) is 50.0 Å². The molecule has 0 radical (unpaired) electrons. The van der Waals surface area contributed by atoms with Gasteiger partial charge in [0.2, 0.25) is 0 Å². The van der Waals surface area contributed by atoms with Crippen LogP contribution in [0.15, 0.2) is 12.1 Å². The average molecular weight is 245 g/mol. The van der Waals surface area contributed by atoms with Gasteiger partial charge < -0.3 is 5.73 Å². The van der Waals surface area contributed by atoms with Crippen LogP contribution in [-0.2, 0) is 12.8 Å². The Morgan fingerprint density at radius 2 is 2.28 bits per heavy atom. The van der Waals surface area contributed by atoms with E-state index in [1.807, 2.05) is 6.07 Å². The molecule has 0 amide bonds. The predicted molar refractivity (Wildman–Crippen MR) is 74.4 cm³/mol. The first-order valence-electron chi connectivity index (χ1n) is 7.26. The molecule has 0 saturated carbocycles. The quantitative estimate of drug-likeness (QED) is 0.869. The molecule has 2 N–H and O–H groups in total. The molecule has 1 aliphatic carbocycles. The Labute approximate surface area is 109 Å². The molecule has 2 atom stereocenters. The molecule has 0 bridgehead atoms. The van der Waals surface area contributed by atoms with Gasteiger partial charge in [-0.25, -0.2) is 4.98 Å². The molecule has 3 nitrogen and oxygen atoms in total. The number of nitrogen functional groups attached to an aromatic ring is 1. The lowest BCUT2D eigenvalue weighted by Crippen LogP contribution is -2.49. The minimum absolute atomic E-state index is 0.674. The molecule has 18 heavy (non-hydrogen) atoms. The van der Waals surface area contributed by atoms with Crippen LogP contribution in [0.3, 0.4) is 0 Å². The Hall–Kier alpha value is -1.09. The van der Waals surface area contributed by atoms with Gasteiger partial charge in [0.15, 0.2) is 0 Å². The van der Waals surface area contributed by atoms with Gasteiger partial charge in [0.05, 0.1) is 0 Å². The van der Waals surface area contributed by atoms with Crippen molar-refractivity contribution < 1.29 is 0 Å². The molecule has 1 fully saturated rings. The van der Waals surface area contributed by atoms with E-state index in [9.17, 15) is 0 Å². The predicted octanol–water partition coefficient (Wildman–Crippen LogP) is 2.25. The Bertz CT molecular complexity index is 428. The van der Waals surface area contributed by atoms with E-state index in [-0.39, 0.29) is 0 Å². The zero-order valence-electron chi connectivity index (χ0n) is 11.2. The smallest absolute Gasteiger partial charge is 0.123 e. The normalized spacial score (nSPS) is 27.6. The lowest BCUT2D eigenvalue weighted by Gasteiger charge is -2.44. The number of fused-ring (bicyclic) bond motifs is 2. The van der Waals surface area contributed by atoms with E-state index in [0.717, 1.165) is 18.4 Å². The van der Waals surface area contributed by atoms with Gasteiger partial charge in [-0.05, 0) is 62.7 Å². The summed E-state index contributed by atoms with van der Waals surface area (Å²) < 4.78 is 0. The SMILES string of the molecule is CCCN1CCCC2Cc3nc(N)ccc3CC21. The first-order chi connectivity index (χ1) is 8.78. The van der Waals surface area contributed by atoms with Gasteiger partial charge in [-0.2, -0.15) is 0 Å². The second-order valence-corrected chi connectivity index (χ2v) is 5.76. The summed E-state index contributed by atoms with van der Waals surface area (Å²) in [5.41, 5.74) is 8.49. The van der Waals surface area contributed by atoms with Crippen LogP contribution in [0.4, 0.5) is 5.82 Å². The molecule has 0 aromatic carbocycles. The number of piperidine rings is 1. The van der Waals surface area contributed by atoms with Crippen molar-refractivity contribution in [2.24, 2.45) is 5.92 Å². The maximum absolute atomic E-state index is 5.80.